The standard InChI is InChI=1S/C29H28N8O2/c1-32-29-33-15-14-23(34-29)25-17-20-16-19(27(30)38)12-13-24(20)37(25)26(28(39)35-31)18-36(21-8-4-2-5-9-21)22-10-6-3-7-11-22/h2-17,26H,18,31H2,1H3,(H2,30,38)(H,35,39)(H,32,33,34)/t26-/m0/s1. The minimum Gasteiger partial charge on any atom is -0.366 e. The molecule has 10 nitrogen and oxygen atoms in total. The molecule has 1 atom stereocenters. The molecule has 0 aliphatic heterocycles. The topological polar surface area (TPSA) is 144 Å². The Morgan fingerprint density at radius 2 is 1.62 bits per heavy atom. The number of hydrogen-bond acceptors (Lipinski definition) is 7. The van der Waals surface area contributed by atoms with Crippen LogP contribution in [0.2, 0.25) is 0 Å². The van der Waals surface area contributed by atoms with Gasteiger partial charge in [0.25, 0.3) is 5.91 Å². The first-order chi connectivity index (χ1) is 19.0. The Morgan fingerprint density at radius 3 is 2.21 bits per heavy atom. The van der Waals surface area contributed by atoms with E-state index in [4.69, 9.17) is 11.6 Å². The normalized spacial score (nSPS) is 11.6. The van der Waals surface area contributed by atoms with E-state index in [-0.39, 0.29) is 6.54 Å². The van der Waals surface area contributed by atoms with Gasteiger partial charge in [-0.25, -0.2) is 15.8 Å². The van der Waals surface area contributed by atoms with E-state index < -0.39 is 17.9 Å². The smallest absolute Gasteiger partial charge is 0.258 e. The Kier molecular flexibility index (Phi) is 7.19. The molecule has 5 rings (SSSR count). The van der Waals surface area contributed by atoms with E-state index in [1.165, 1.54) is 0 Å². The van der Waals surface area contributed by atoms with Gasteiger partial charge in [-0.3, -0.25) is 15.0 Å². The maximum Gasteiger partial charge on any atom is 0.258 e. The molecule has 0 aliphatic carbocycles. The Hall–Kier alpha value is -5.22. The zero-order chi connectivity index (χ0) is 27.4. The molecule has 2 heterocycles. The summed E-state index contributed by atoms with van der Waals surface area (Å²) in [6.45, 7) is 0.245. The third kappa shape index (κ3) is 5.13. The van der Waals surface area contributed by atoms with Crippen molar-refractivity contribution in [2.24, 2.45) is 11.6 Å². The molecule has 0 radical (unpaired) electrons. The van der Waals surface area contributed by atoms with Crippen molar-refractivity contribution in [2.75, 3.05) is 23.8 Å². The number of para-hydroxylation sites is 2. The van der Waals surface area contributed by atoms with Gasteiger partial charge >= 0.3 is 0 Å². The van der Waals surface area contributed by atoms with Crippen molar-refractivity contribution in [3.8, 4) is 11.4 Å². The number of hydrogen-bond donors (Lipinski definition) is 4. The molecule has 10 heteroatoms. The van der Waals surface area contributed by atoms with Gasteiger partial charge < -0.3 is 20.5 Å². The predicted octanol–water partition coefficient (Wildman–Crippen LogP) is 3.61. The lowest BCUT2D eigenvalue weighted by atomic mass is 10.1. The van der Waals surface area contributed by atoms with Crippen LogP contribution in [0.1, 0.15) is 16.4 Å². The van der Waals surface area contributed by atoms with Gasteiger partial charge in [0.2, 0.25) is 11.9 Å². The first-order valence-electron chi connectivity index (χ1n) is 12.3. The molecule has 2 amide bonds. The fourth-order valence-electron chi connectivity index (χ4n) is 4.67. The molecule has 0 saturated heterocycles. The van der Waals surface area contributed by atoms with Crippen LogP contribution < -0.4 is 27.2 Å². The summed E-state index contributed by atoms with van der Waals surface area (Å²) >= 11 is 0. The molecular formula is C29H28N8O2. The highest BCUT2D eigenvalue weighted by Crippen LogP contribution is 2.34. The Balaban J connectivity index is 1.73. The molecule has 5 aromatic rings. The maximum atomic E-state index is 13.5. The zero-order valence-corrected chi connectivity index (χ0v) is 21.3. The molecule has 0 bridgehead atoms. The molecule has 0 unspecified atom stereocenters. The second kappa shape index (κ2) is 11.0. The Labute approximate surface area is 225 Å². The number of carbonyl (C=O) groups excluding carboxylic acids is 2. The number of rotatable bonds is 9. The number of carbonyl (C=O) groups is 2. The molecule has 196 valence electrons. The fraction of sp³-hybridized carbons (Fsp3) is 0.103. The van der Waals surface area contributed by atoms with Gasteiger partial charge in [-0.15, -0.1) is 0 Å². The number of amides is 2. The third-order valence-corrected chi connectivity index (χ3v) is 6.51. The number of nitrogens with zero attached hydrogens (tertiary/aromatic N) is 4. The highest BCUT2D eigenvalue weighted by molar-refractivity contribution is 5.99. The SMILES string of the molecule is CNc1nccc(-c2cc3cc(C(N)=O)ccc3n2[C@@H](CN(c2ccccc2)c2ccccc2)C(=O)NN)n1. The van der Waals surface area contributed by atoms with Gasteiger partial charge in [0.15, 0.2) is 0 Å². The molecule has 2 aromatic heterocycles. The summed E-state index contributed by atoms with van der Waals surface area (Å²) in [6, 6.07) is 27.6. The largest absolute Gasteiger partial charge is 0.366 e. The number of nitrogens with two attached hydrogens (primary N) is 2. The number of aromatic nitrogens is 3. The van der Waals surface area contributed by atoms with Gasteiger partial charge in [-0.1, -0.05) is 36.4 Å². The summed E-state index contributed by atoms with van der Waals surface area (Å²) in [7, 11) is 1.73. The number of anilines is 3. The van der Waals surface area contributed by atoms with E-state index in [1.807, 2.05) is 71.3 Å². The van der Waals surface area contributed by atoms with Crippen molar-refractivity contribution < 1.29 is 9.59 Å². The van der Waals surface area contributed by atoms with Crippen LogP contribution in [0, 0.1) is 0 Å². The van der Waals surface area contributed by atoms with Crippen LogP contribution in [0.25, 0.3) is 22.3 Å². The average molecular weight is 521 g/mol. The van der Waals surface area contributed by atoms with Crippen molar-refractivity contribution >= 4 is 40.0 Å². The Morgan fingerprint density at radius 1 is 0.949 bits per heavy atom. The summed E-state index contributed by atoms with van der Waals surface area (Å²) in [5, 5.41) is 3.68. The molecular weight excluding hydrogens is 492 g/mol. The lowest BCUT2D eigenvalue weighted by Crippen LogP contribution is -2.42. The van der Waals surface area contributed by atoms with Crippen molar-refractivity contribution in [3.63, 3.8) is 0 Å². The monoisotopic (exact) mass is 520 g/mol. The van der Waals surface area contributed by atoms with Crippen LogP contribution in [0.3, 0.4) is 0 Å². The number of hydrazine groups is 1. The fourth-order valence-corrected chi connectivity index (χ4v) is 4.67. The first kappa shape index (κ1) is 25.4. The van der Waals surface area contributed by atoms with Gasteiger partial charge in [0, 0.05) is 41.1 Å². The quantitative estimate of drug-likeness (QED) is 0.132. The molecule has 6 N–H and O–H groups in total. The highest BCUT2D eigenvalue weighted by atomic mass is 16.2. The minimum absolute atomic E-state index is 0.245. The molecule has 0 spiro atoms. The van der Waals surface area contributed by atoms with Gasteiger partial charge in [-0.05, 0) is 54.6 Å². The summed E-state index contributed by atoms with van der Waals surface area (Å²) in [6.07, 6.45) is 1.64. The summed E-state index contributed by atoms with van der Waals surface area (Å²) in [4.78, 5) is 36.4. The average Bonchev–Trinajstić information content (AvgIpc) is 3.37. The summed E-state index contributed by atoms with van der Waals surface area (Å²) in [5.74, 6) is 5.24. The molecule has 39 heavy (non-hydrogen) atoms. The Bertz CT molecular complexity index is 1580. The van der Waals surface area contributed by atoms with Crippen LogP contribution >= 0.6 is 0 Å². The lowest BCUT2D eigenvalue weighted by molar-refractivity contribution is -0.124. The van der Waals surface area contributed by atoms with E-state index >= 15 is 0 Å². The molecule has 0 saturated carbocycles. The highest BCUT2D eigenvalue weighted by Gasteiger charge is 2.29. The van der Waals surface area contributed by atoms with Gasteiger partial charge in [0.05, 0.1) is 17.9 Å². The van der Waals surface area contributed by atoms with Crippen molar-refractivity contribution in [1.29, 1.82) is 0 Å². The molecule has 0 aliphatic rings. The van der Waals surface area contributed by atoms with Gasteiger partial charge in [-0.2, -0.15) is 0 Å². The second-order valence-corrected chi connectivity index (χ2v) is 8.86. The number of benzene rings is 3. The lowest BCUT2D eigenvalue weighted by Gasteiger charge is -2.31. The van der Waals surface area contributed by atoms with Crippen molar-refractivity contribution in [2.45, 2.75) is 6.04 Å². The molecule has 0 fully saturated rings. The van der Waals surface area contributed by atoms with Crippen LogP contribution in [0.15, 0.2) is 97.2 Å². The zero-order valence-electron chi connectivity index (χ0n) is 21.3. The minimum atomic E-state index is -0.796. The summed E-state index contributed by atoms with van der Waals surface area (Å²) < 4.78 is 1.89. The van der Waals surface area contributed by atoms with E-state index in [0.717, 1.165) is 16.8 Å². The van der Waals surface area contributed by atoms with E-state index in [2.05, 4.69) is 25.6 Å². The van der Waals surface area contributed by atoms with E-state index in [9.17, 15) is 9.59 Å². The predicted molar refractivity (Wildman–Crippen MR) is 152 cm³/mol. The maximum absolute atomic E-state index is 13.5. The number of primary amides is 1. The van der Waals surface area contributed by atoms with Crippen LogP contribution in [-0.2, 0) is 4.79 Å². The number of fused-ring (bicyclic) bond motifs is 1. The first-order valence-corrected chi connectivity index (χ1v) is 12.3. The second-order valence-electron chi connectivity index (χ2n) is 8.86. The van der Waals surface area contributed by atoms with E-state index in [1.54, 1.807) is 37.5 Å². The van der Waals surface area contributed by atoms with Gasteiger partial charge in [0.1, 0.15) is 6.04 Å². The van der Waals surface area contributed by atoms with Crippen LogP contribution in [0.4, 0.5) is 17.3 Å². The van der Waals surface area contributed by atoms with Crippen molar-refractivity contribution in [3.05, 3.63) is 103 Å². The van der Waals surface area contributed by atoms with E-state index in [0.29, 0.717) is 28.4 Å². The summed E-state index contributed by atoms with van der Waals surface area (Å²) in [5.41, 5.74) is 12.1. The van der Waals surface area contributed by atoms with Crippen LogP contribution in [-0.4, -0.2) is 39.9 Å². The number of nitrogens with one attached hydrogen (secondary N) is 2. The third-order valence-electron chi connectivity index (χ3n) is 6.51. The van der Waals surface area contributed by atoms with Crippen LogP contribution in [0.5, 0.6) is 0 Å². The van der Waals surface area contributed by atoms with Crippen molar-refractivity contribution in [1.82, 2.24) is 20.0 Å². The molecule has 3 aromatic carbocycles.